The lowest BCUT2D eigenvalue weighted by Crippen LogP contribution is -2.19. The van der Waals surface area contributed by atoms with Crippen molar-refractivity contribution >= 4 is 35.0 Å². The molecular formula is C12H9N3O3S. The van der Waals surface area contributed by atoms with Crippen molar-refractivity contribution in [3.8, 4) is 0 Å². The molecule has 7 heteroatoms. The summed E-state index contributed by atoms with van der Waals surface area (Å²) in [6.45, 7) is 0. The van der Waals surface area contributed by atoms with Crippen LogP contribution in [0, 0.1) is 0 Å². The quantitative estimate of drug-likeness (QED) is 0.493. The van der Waals surface area contributed by atoms with E-state index < -0.39 is 11.9 Å². The van der Waals surface area contributed by atoms with E-state index in [1.165, 1.54) is 0 Å². The zero-order chi connectivity index (χ0) is 13.7. The van der Waals surface area contributed by atoms with Crippen molar-refractivity contribution in [2.45, 2.75) is 0 Å². The van der Waals surface area contributed by atoms with Gasteiger partial charge in [-0.1, -0.05) is 30.3 Å². The summed E-state index contributed by atoms with van der Waals surface area (Å²) in [7, 11) is 0. The van der Waals surface area contributed by atoms with E-state index in [1.807, 2.05) is 30.3 Å². The van der Waals surface area contributed by atoms with E-state index >= 15 is 0 Å². The SMILES string of the molecule is O=C(O)/C=C1\SC(=N/N=C/c2ccccc2)NC1=O. The van der Waals surface area contributed by atoms with Gasteiger partial charge in [0.15, 0.2) is 5.17 Å². The first kappa shape index (κ1) is 13.0. The second-order valence-corrected chi connectivity index (χ2v) is 4.49. The first-order chi connectivity index (χ1) is 9.15. The molecule has 1 amide bonds. The predicted octanol–water partition coefficient (Wildman–Crippen LogP) is 1.21. The van der Waals surface area contributed by atoms with Crippen molar-refractivity contribution in [1.82, 2.24) is 5.32 Å². The molecule has 0 radical (unpaired) electrons. The van der Waals surface area contributed by atoms with E-state index in [2.05, 4.69) is 15.5 Å². The highest BCUT2D eigenvalue weighted by molar-refractivity contribution is 8.18. The van der Waals surface area contributed by atoms with E-state index in [9.17, 15) is 9.59 Å². The van der Waals surface area contributed by atoms with Crippen molar-refractivity contribution in [2.75, 3.05) is 0 Å². The number of nitrogens with one attached hydrogen (secondary N) is 1. The summed E-state index contributed by atoms with van der Waals surface area (Å²) in [5.74, 6) is -1.66. The molecule has 96 valence electrons. The van der Waals surface area contributed by atoms with Crippen LogP contribution in [0.3, 0.4) is 0 Å². The lowest BCUT2D eigenvalue weighted by molar-refractivity contribution is -0.131. The average Bonchev–Trinajstić information content (AvgIpc) is 2.70. The van der Waals surface area contributed by atoms with Gasteiger partial charge in [-0.15, -0.1) is 5.10 Å². The second kappa shape index (κ2) is 5.96. The predicted molar refractivity (Wildman–Crippen MR) is 72.9 cm³/mol. The van der Waals surface area contributed by atoms with Crippen molar-refractivity contribution < 1.29 is 14.7 Å². The number of rotatable bonds is 3. The van der Waals surface area contributed by atoms with Gasteiger partial charge in [-0.05, 0) is 17.3 Å². The number of carboxylic acids is 1. The van der Waals surface area contributed by atoms with Gasteiger partial charge in [0.25, 0.3) is 5.91 Å². The Morgan fingerprint density at radius 2 is 2.05 bits per heavy atom. The minimum absolute atomic E-state index is 0.0844. The molecule has 0 saturated carbocycles. The Hall–Kier alpha value is -2.41. The standard InChI is InChI=1S/C12H9N3O3S/c16-10(17)6-9-11(18)14-12(19-9)15-13-7-8-4-2-1-3-5-8/h1-7H,(H,16,17)(H,14,15,18)/b9-6-,13-7+. The molecule has 1 aliphatic heterocycles. The number of hydrogen-bond acceptors (Lipinski definition) is 5. The molecule has 1 saturated heterocycles. The normalized spacial score (nSPS) is 19.3. The molecule has 6 nitrogen and oxygen atoms in total. The molecular weight excluding hydrogens is 266 g/mol. The number of carbonyl (C=O) groups excluding carboxylic acids is 1. The molecule has 0 atom stereocenters. The second-order valence-electron chi connectivity index (χ2n) is 3.46. The summed E-state index contributed by atoms with van der Waals surface area (Å²) in [6.07, 6.45) is 2.38. The number of carbonyl (C=O) groups is 2. The molecule has 1 heterocycles. The molecule has 1 aromatic carbocycles. The van der Waals surface area contributed by atoms with E-state index in [1.54, 1.807) is 6.21 Å². The van der Waals surface area contributed by atoms with Crippen LogP contribution in [-0.2, 0) is 9.59 Å². The number of amides is 1. The number of carboxylic acid groups (broad SMARTS) is 1. The molecule has 1 aliphatic rings. The van der Waals surface area contributed by atoms with Gasteiger partial charge < -0.3 is 5.11 Å². The van der Waals surface area contributed by atoms with Crippen molar-refractivity contribution in [3.05, 3.63) is 46.9 Å². The molecule has 0 aromatic heterocycles. The largest absolute Gasteiger partial charge is 0.478 e. The fraction of sp³-hybridized carbons (Fsp3) is 0. The van der Waals surface area contributed by atoms with Crippen LogP contribution in [0.4, 0.5) is 0 Å². The maximum absolute atomic E-state index is 11.4. The van der Waals surface area contributed by atoms with Gasteiger partial charge in [-0.3, -0.25) is 10.1 Å². The molecule has 1 fully saturated rings. The van der Waals surface area contributed by atoms with E-state index in [0.29, 0.717) is 0 Å². The molecule has 0 unspecified atom stereocenters. The highest BCUT2D eigenvalue weighted by Crippen LogP contribution is 2.23. The van der Waals surface area contributed by atoms with Crippen molar-refractivity contribution in [1.29, 1.82) is 0 Å². The molecule has 0 aliphatic carbocycles. The smallest absolute Gasteiger partial charge is 0.329 e. The first-order valence-corrected chi connectivity index (χ1v) is 6.07. The van der Waals surface area contributed by atoms with Crippen LogP contribution in [0.25, 0.3) is 0 Å². The zero-order valence-corrected chi connectivity index (χ0v) is 10.4. The van der Waals surface area contributed by atoms with Gasteiger partial charge in [0.2, 0.25) is 0 Å². The molecule has 19 heavy (non-hydrogen) atoms. The number of hydrogen-bond donors (Lipinski definition) is 2. The molecule has 2 rings (SSSR count). The Bertz CT molecular complexity index is 593. The monoisotopic (exact) mass is 275 g/mol. The summed E-state index contributed by atoms with van der Waals surface area (Å²) < 4.78 is 0. The Labute approximate surface area is 112 Å². The van der Waals surface area contributed by atoms with Crippen LogP contribution in [0.15, 0.2) is 51.5 Å². The third-order valence-electron chi connectivity index (χ3n) is 2.06. The van der Waals surface area contributed by atoms with Crippen molar-refractivity contribution in [2.24, 2.45) is 10.2 Å². The maximum Gasteiger partial charge on any atom is 0.329 e. The van der Waals surface area contributed by atoms with E-state index in [0.717, 1.165) is 23.4 Å². The lowest BCUT2D eigenvalue weighted by Gasteiger charge is -1.90. The molecule has 0 bridgehead atoms. The summed E-state index contributed by atoms with van der Waals surface area (Å²) in [5, 5.41) is 18.9. The summed E-state index contributed by atoms with van der Waals surface area (Å²) in [5.41, 5.74) is 0.877. The maximum atomic E-state index is 11.4. The minimum atomic E-state index is -1.17. The van der Waals surface area contributed by atoms with Gasteiger partial charge in [-0.2, -0.15) is 5.10 Å². The fourth-order valence-corrected chi connectivity index (χ4v) is 2.02. The number of nitrogens with zero attached hydrogens (tertiary/aromatic N) is 2. The summed E-state index contributed by atoms with van der Waals surface area (Å²) in [6, 6.07) is 9.35. The van der Waals surface area contributed by atoms with Gasteiger partial charge >= 0.3 is 5.97 Å². The van der Waals surface area contributed by atoms with Crippen LogP contribution in [-0.4, -0.2) is 28.4 Å². The topological polar surface area (TPSA) is 91.1 Å². The Morgan fingerprint density at radius 1 is 1.32 bits per heavy atom. The number of aliphatic carboxylic acids is 1. The fourth-order valence-electron chi connectivity index (χ4n) is 1.27. The minimum Gasteiger partial charge on any atom is -0.478 e. The van der Waals surface area contributed by atoms with E-state index in [4.69, 9.17) is 5.11 Å². The number of amidine groups is 1. The van der Waals surface area contributed by atoms with Crippen LogP contribution >= 0.6 is 11.8 Å². The van der Waals surface area contributed by atoms with Crippen molar-refractivity contribution in [3.63, 3.8) is 0 Å². The van der Waals surface area contributed by atoms with Crippen LogP contribution in [0.5, 0.6) is 0 Å². The molecule has 1 aromatic rings. The average molecular weight is 275 g/mol. The number of benzene rings is 1. The van der Waals surface area contributed by atoms with Crippen LogP contribution < -0.4 is 5.32 Å². The van der Waals surface area contributed by atoms with Gasteiger partial charge in [-0.25, -0.2) is 4.79 Å². The van der Waals surface area contributed by atoms with E-state index in [-0.39, 0.29) is 10.1 Å². The highest BCUT2D eigenvalue weighted by atomic mass is 32.2. The van der Waals surface area contributed by atoms with Crippen LogP contribution in [0.1, 0.15) is 5.56 Å². The highest BCUT2D eigenvalue weighted by Gasteiger charge is 2.24. The molecule has 2 N–H and O–H groups in total. The Morgan fingerprint density at radius 3 is 2.74 bits per heavy atom. The first-order valence-electron chi connectivity index (χ1n) is 5.25. The van der Waals surface area contributed by atoms with Gasteiger partial charge in [0.05, 0.1) is 11.1 Å². The van der Waals surface area contributed by atoms with Gasteiger partial charge in [0.1, 0.15) is 0 Å². The van der Waals surface area contributed by atoms with Gasteiger partial charge in [0, 0.05) is 6.08 Å². The third-order valence-corrected chi connectivity index (χ3v) is 2.96. The Balaban J connectivity index is 2.05. The van der Waals surface area contributed by atoms with Crippen LogP contribution in [0.2, 0.25) is 0 Å². The summed E-state index contributed by atoms with van der Waals surface area (Å²) in [4.78, 5) is 21.9. The third kappa shape index (κ3) is 3.78. The lowest BCUT2D eigenvalue weighted by atomic mass is 10.2. The summed E-state index contributed by atoms with van der Waals surface area (Å²) >= 11 is 0.938. The zero-order valence-electron chi connectivity index (χ0n) is 9.61. The Kier molecular flexibility index (Phi) is 4.09. The molecule has 0 spiro atoms. The number of thioether (sulfide) groups is 1.